The highest BCUT2D eigenvalue weighted by atomic mass is 16.3. The molecule has 106 valence electrons. The first kappa shape index (κ1) is 14.1. The van der Waals surface area contributed by atoms with E-state index in [2.05, 4.69) is 5.10 Å². The van der Waals surface area contributed by atoms with Crippen LogP contribution >= 0.6 is 0 Å². The molecule has 1 atom stereocenters. The Bertz CT molecular complexity index is 442. The van der Waals surface area contributed by atoms with Gasteiger partial charge in [-0.05, 0) is 38.2 Å². The van der Waals surface area contributed by atoms with Crippen LogP contribution in [-0.4, -0.2) is 44.9 Å². The lowest BCUT2D eigenvalue weighted by molar-refractivity contribution is -0.135. The summed E-state index contributed by atoms with van der Waals surface area (Å²) in [4.78, 5) is 14.1. The monoisotopic (exact) mass is 265 g/mol. The predicted octanol–water partition coefficient (Wildman–Crippen LogP) is 1.03. The lowest BCUT2D eigenvalue weighted by atomic mass is 10.0. The fourth-order valence-electron chi connectivity index (χ4n) is 2.80. The number of likely N-dealkylation sites (tertiary alicyclic amines) is 1. The van der Waals surface area contributed by atoms with Gasteiger partial charge in [-0.25, -0.2) is 0 Å². The summed E-state index contributed by atoms with van der Waals surface area (Å²) in [6, 6.07) is 0.0243. The average molecular weight is 265 g/mol. The van der Waals surface area contributed by atoms with Gasteiger partial charge in [-0.3, -0.25) is 9.48 Å². The van der Waals surface area contributed by atoms with Gasteiger partial charge in [-0.2, -0.15) is 5.10 Å². The van der Waals surface area contributed by atoms with E-state index in [1.165, 1.54) is 0 Å². The molecule has 1 aromatic rings. The molecule has 1 N–H and O–H groups in total. The first-order chi connectivity index (χ1) is 9.11. The molecule has 0 bridgehead atoms. The molecule has 19 heavy (non-hydrogen) atoms. The molecule has 0 saturated carbocycles. The smallest absolute Gasteiger partial charge is 0.223 e. The van der Waals surface area contributed by atoms with Gasteiger partial charge in [-0.15, -0.1) is 0 Å². The van der Waals surface area contributed by atoms with Gasteiger partial charge in [0.1, 0.15) is 0 Å². The average Bonchev–Trinajstić information content (AvgIpc) is 2.74. The van der Waals surface area contributed by atoms with Crippen molar-refractivity contribution in [3.8, 4) is 0 Å². The number of hydrogen-bond acceptors (Lipinski definition) is 3. The summed E-state index contributed by atoms with van der Waals surface area (Å²) in [7, 11) is 1.89. The van der Waals surface area contributed by atoms with Crippen molar-refractivity contribution in [2.45, 2.75) is 45.1 Å². The minimum atomic E-state index is 0.0243. The first-order valence-corrected chi connectivity index (χ1v) is 7.01. The van der Waals surface area contributed by atoms with Crippen molar-refractivity contribution in [2.24, 2.45) is 7.05 Å². The molecule has 0 spiro atoms. The largest absolute Gasteiger partial charge is 0.394 e. The van der Waals surface area contributed by atoms with Crippen molar-refractivity contribution in [3.05, 3.63) is 17.5 Å². The number of nitrogens with zero attached hydrogens (tertiary/aromatic N) is 3. The Morgan fingerprint density at radius 3 is 2.95 bits per heavy atom. The molecule has 1 fully saturated rings. The van der Waals surface area contributed by atoms with E-state index in [1.54, 1.807) is 4.68 Å². The van der Waals surface area contributed by atoms with Gasteiger partial charge in [0.25, 0.3) is 0 Å². The molecule has 1 saturated heterocycles. The van der Waals surface area contributed by atoms with E-state index in [0.29, 0.717) is 6.42 Å². The van der Waals surface area contributed by atoms with Crippen LogP contribution in [0.1, 0.15) is 36.9 Å². The molecule has 1 aliphatic rings. The predicted molar refractivity (Wildman–Crippen MR) is 72.7 cm³/mol. The number of hydrogen-bond donors (Lipinski definition) is 1. The van der Waals surface area contributed by atoms with Crippen LogP contribution in [0.2, 0.25) is 0 Å². The molecule has 2 rings (SSSR count). The molecule has 2 heterocycles. The maximum Gasteiger partial charge on any atom is 0.223 e. The Labute approximate surface area is 114 Å². The molecule has 1 aliphatic heterocycles. The lowest BCUT2D eigenvalue weighted by Gasteiger charge is -2.34. The maximum absolute atomic E-state index is 12.2. The summed E-state index contributed by atoms with van der Waals surface area (Å²) in [6.45, 7) is 2.84. The molecule has 0 radical (unpaired) electrons. The van der Waals surface area contributed by atoms with Gasteiger partial charge < -0.3 is 10.0 Å². The van der Waals surface area contributed by atoms with E-state index < -0.39 is 0 Å². The van der Waals surface area contributed by atoms with E-state index in [1.807, 2.05) is 25.1 Å². The number of carbonyl (C=O) groups excluding carboxylic acids is 1. The first-order valence-electron chi connectivity index (χ1n) is 7.01. The molecule has 5 heteroatoms. The van der Waals surface area contributed by atoms with Crippen LogP contribution < -0.4 is 0 Å². The molecule has 1 amide bonds. The topological polar surface area (TPSA) is 58.4 Å². The van der Waals surface area contributed by atoms with Gasteiger partial charge >= 0.3 is 0 Å². The summed E-state index contributed by atoms with van der Waals surface area (Å²) in [5.74, 6) is 0.155. The van der Waals surface area contributed by atoms with E-state index in [4.69, 9.17) is 0 Å². The third-order valence-electron chi connectivity index (χ3n) is 3.88. The third kappa shape index (κ3) is 3.35. The van der Waals surface area contributed by atoms with Crippen LogP contribution in [0.3, 0.4) is 0 Å². The number of piperidine rings is 1. The Balaban J connectivity index is 1.91. The zero-order valence-electron chi connectivity index (χ0n) is 11.8. The van der Waals surface area contributed by atoms with Crippen LogP contribution in [-0.2, 0) is 18.3 Å². The number of aliphatic hydroxyl groups excluding tert-OH is 1. The molecular formula is C14H23N3O2. The second-order valence-corrected chi connectivity index (χ2v) is 5.33. The van der Waals surface area contributed by atoms with Gasteiger partial charge in [0.2, 0.25) is 5.91 Å². The second kappa shape index (κ2) is 6.19. The molecule has 1 aromatic heterocycles. The van der Waals surface area contributed by atoms with E-state index in [0.717, 1.165) is 43.5 Å². The van der Waals surface area contributed by atoms with Crippen LogP contribution in [0.25, 0.3) is 0 Å². The van der Waals surface area contributed by atoms with E-state index in [-0.39, 0.29) is 18.6 Å². The fourth-order valence-corrected chi connectivity index (χ4v) is 2.80. The summed E-state index contributed by atoms with van der Waals surface area (Å²) < 4.78 is 1.78. The Morgan fingerprint density at radius 1 is 1.53 bits per heavy atom. The van der Waals surface area contributed by atoms with Crippen molar-refractivity contribution in [1.29, 1.82) is 0 Å². The molecular weight excluding hydrogens is 242 g/mol. The highest BCUT2D eigenvalue weighted by Crippen LogP contribution is 2.18. The van der Waals surface area contributed by atoms with Crippen LogP contribution in [0.15, 0.2) is 6.20 Å². The molecule has 1 unspecified atom stereocenters. The number of aryl methyl sites for hydroxylation is 3. The summed E-state index contributed by atoms with van der Waals surface area (Å²) in [5.41, 5.74) is 2.13. The fraction of sp³-hybridized carbons (Fsp3) is 0.714. The Kier molecular flexibility index (Phi) is 4.58. The van der Waals surface area contributed by atoms with Gasteiger partial charge in [0, 0.05) is 26.2 Å². The van der Waals surface area contributed by atoms with Crippen molar-refractivity contribution < 1.29 is 9.90 Å². The summed E-state index contributed by atoms with van der Waals surface area (Å²) in [5, 5.41) is 13.6. The minimum Gasteiger partial charge on any atom is -0.394 e. The number of rotatable bonds is 4. The van der Waals surface area contributed by atoms with Crippen LogP contribution in [0, 0.1) is 6.92 Å². The van der Waals surface area contributed by atoms with Crippen molar-refractivity contribution in [2.75, 3.05) is 13.2 Å². The van der Waals surface area contributed by atoms with Crippen LogP contribution in [0.4, 0.5) is 0 Å². The van der Waals surface area contributed by atoms with Crippen molar-refractivity contribution in [1.82, 2.24) is 14.7 Å². The lowest BCUT2D eigenvalue weighted by Crippen LogP contribution is -2.45. The standard InChI is InChI=1S/C14H23N3O2/c1-11-12(9-16(2)15-11)6-7-14(19)17-8-4-3-5-13(17)10-18/h9,13,18H,3-8,10H2,1-2H3. The number of carbonyl (C=O) groups is 1. The van der Waals surface area contributed by atoms with E-state index in [9.17, 15) is 9.90 Å². The quantitative estimate of drug-likeness (QED) is 0.884. The Morgan fingerprint density at radius 2 is 2.32 bits per heavy atom. The number of aliphatic hydroxyl groups is 1. The highest BCUT2D eigenvalue weighted by Gasteiger charge is 2.25. The molecule has 5 nitrogen and oxygen atoms in total. The van der Waals surface area contributed by atoms with Gasteiger partial charge in [0.05, 0.1) is 18.3 Å². The summed E-state index contributed by atoms with van der Waals surface area (Å²) >= 11 is 0. The van der Waals surface area contributed by atoms with Gasteiger partial charge in [0.15, 0.2) is 0 Å². The van der Waals surface area contributed by atoms with Crippen LogP contribution in [0.5, 0.6) is 0 Å². The Hall–Kier alpha value is -1.36. The summed E-state index contributed by atoms with van der Waals surface area (Å²) in [6.07, 6.45) is 6.29. The zero-order chi connectivity index (χ0) is 13.8. The number of amides is 1. The van der Waals surface area contributed by atoms with Crippen molar-refractivity contribution in [3.63, 3.8) is 0 Å². The minimum absolute atomic E-state index is 0.0243. The third-order valence-corrected chi connectivity index (χ3v) is 3.88. The zero-order valence-corrected chi connectivity index (χ0v) is 11.8. The van der Waals surface area contributed by atoms with Crippen molar-refractivity contribution >= 4 is 5.91 Å². The SMILES string of the molecule is Cc1nn(C)cc1CCC(=O)N1CCCCC1CO. The van der Waals surface area contributed by atoms with E-state index >= 15 is 0 Å². The normalized spacial score (nSPS) is 19.7. The maximum atomic E-state index is 12.2. The second-order valence-electron chi connectivity index (χ2n) is 5.33. The number of aromatic nitrogens is 2. The van der Waals surface area contributed by atoms with Gasteiger partial charge in [-0.1, -0.05) is 0 Å². The molecule has 0 aromatic carbocycles. The molecule has 0 aliphatic carbocycles. The highest BCUT2D eigenvalue weighted by molar-refractivity contribution is 5.77.